The van der Waals surface area contributed by atoms with Crippen LogP contribution in [0.1, 0.15) is 20.8 Å². The second kappa shape index (κ2) is 9.19. The first-order valence-electron chi connectivity index (χ1n) is 8.47. The van der Waals surface area contributed by atoms with Crippen LogP contribution in [0.5, 0.6) is 5.75 Å². The number of benzene rings is 1. The first-order valence-corrected chi connectivity index (χ1v) is 10.2. The van der Waals surface area contributed by atoms with Crippen molar-refractivity contribution in [1.29, 1.82) is 0 Å². The Labute approximate surface area is 173 Å². The number of nitrogens with one attached hydrogen (secondary N) is 1. The summed E-state index contributed by atoms with van der Waals surface area (Å²) in [5, 5.41) is 4.09. The van der Waals surface area contributed by atoms with Crippen molar-refractivity contribution < 1.29 is 27.9 Å². The van der Waals surface area contributed by atoms with Crippen LogP contribution in [-0.2, 0) is 4.79 Å². The summed E-state index contributed by atoms with van der Waals surface area (Å²) in [6.07, 6.45) is 1.50. The number of hydrogen-bond donors (Lipinski definition) is 1. The number of rotatable bonds is 7. The van der Waals surface area contributed by atoms with Gasteiger partial charge in [0.15, 0.2) is 0 Å². The molecule has 0 bridgehead atoms. The van der Waals surface area contributed by atoms with E-state index in [1.165, 1.54) is 41.7 Å². The normalized spacial score (nSPS) is 15.4. The molecule has 2 heterocycles. The Bertz CT molecular complexity index is 957. The predicted octanol–water partition coefficient (Wildman–Crippen LogP) is 4.12. The molecular weight excluding hydrogens is 422 g/mol. The lowest BCUT2D eigenvalue weighted by molar-refractivity contribution is -0.122. The number of hydrogen-bond acceptors (Lipinski definition) is 6. The highest BCUT2D eigenvalue weighted by Crippen LogP contribution is 2.32. The number of aryl methyl sites for hydroxylation is 1. The molecule has 0 spiro atoms. The first kappa shape index (κ1) is 21.0. The molecule has 2 aromatic rings. The lowest BCUT2D eigenvalue weighted by Gasteiger charge is -2.12. The van der Waals surface area contributed by atoms with Gasteiger partial charge in [-0.25, -0.2) is 0 Å². The zero-order chi connectivity index (χ0) is 21.0. The first-order chi connectivity index (χ1) is 13.8. The molecule has 0 saturated carbocycles. The monoisotopic (exact) mass is 438 g/mol. The Balaban J connectivity index is 1.58. The predicted molar refractivity (Wildman–Crippen MR) is 107 cm³/mol. The molecule has 3 rings (SSSR count). The third kappa shape index (κ3) is 5.21. The highest BCUT2D eigenvalue weighted by molar-refractivity contribution is 8.18. The van der Waals surface area contributed by atoms with E-state index in [4.69, 9.17) is 0 Å². The molecule has 1 aliphatic rings. The molecule has 1 N–H and O–H groups in total. The Hall–Kier alpha value is -2.72. The number of ether oxygens (including phenoxy) is 1. The molecule has 0 atom stereocenters. The van der Waals surface area contributed by atoms with E-state index in [0.29, 0.717) is 10.4 Å². The molecule has 3 amide bonds. The minimum Gasteiger partial charge on any atom is -0.435 e. The Morgan fingerprint density at radius 3 is 2.59 bits per heavy atom. The molecule has 1 aliphatic heterocycles. The molecule has 0 aliphatic carbocycles. The van der Waals surface area contributed by atoms with Gasteiger partial charge in [0, 0.05) is 13.1 Å². The van der Waals surface area contributed by atoms with E-state index < -0.39 is 17.8 Å². The van der Waals surface area contributed by atoms with Crippen LogP contribution in [0.3, 0.4) is 0 Å². The maximum Gasteiger partial charge on any atom is 0.387 e. The number of alkyl halides is 2. The van der Waals surface area contributed by atoms with Crippen LogP contribution < -0.4 is 10.1 Å². The van der Waals surface area contributed by atoms with Crippen LogP contribution in [0.2, 0.25) is 0 Å². The molecule has 0 unspecified atom stereocenters. The number of thiophene rings is 1. The quantitative estimate of drug-likeness (QED) is 0.658. The molecule has 29 heavy (non-hydrogen) atoms. The number of imide groups is 1. The van der Waals surface area contributed by atoms with Gasteiger partial charge in [-0.3, -0.25) is 19.3 Å². The van der Waals surface area contributed by atoms with Gasteiger partial charge in [-0.05, 0) is 59.5 Å². The fourth-order valence-corrected chi connectivity index (χ4v) is 4.26. The fraction of sp³-hybridized carbons (Fsp3) is 0.211. The van der Waals surface area contributed by atoms with Gasteiger partial charge >= 0.3 is 6.61 Å². The minimum absolute atomic E-state index is 0.00183. The lowest BCUT2D eigenvalue weighted by atomic mass is 10.2. The number of halogens is 2. The topological polar surface area (TPSA) is 75.7 Å². The Kier molecular flexibility index (Phi) is 6.65. The highest BCUT2D eigenvalue weighted by Gasteiger charge is 2.34. The third-order valence-corrected chi connectivity index (χ3v) is 5.89. The van der Waals surface area contributed by atoms with Crippen LogP contribution >= 0.6 is 23.1 Å². The van der Waals surface area contributed by atoms with Crippen molar-refractivity contribution >= 4 is 46.2 Å². The summed E-state index contributed by atoms with van der Waals surface area (Å²) in [6.45, 7) is -0.888. The van der Waals surface area contributed by atoms with Gasteiger partial charge in [0.25, 0.3) is 17.1 Å². The molecular formula is C19H16F2N2O4S2. The van der Waals surface area contributed by atoms with E-state index in [9.17, 15) is 23.2 Å². The molecule has 10 heteroatoms. The second-order valence-electron chi connectivity index (χ2n) is 5.97. The van der Waals surface area contributed by atoms with Crippen molar-refractivity contribution in [1.82, 2.24) is 10.2 Å². The third-order valence-electron chi connectivity index (χ3n) is 3.97. The summed E-state index contributed by atoms with van der Waals surface area (Å²) in [6, 6.07) is 7.56. The number of carbonyl (C=O) groups excluding carboxylic acids is 3. The van der Waals surface area contributed by atoms with Crippen LogP contribution in [0, 0.1) is 6.92 Å². The van der Waals surface area contributed by atoms with E-state index >= 15 is 0 Å². The Morgan fingerprint density at radius 2 is 1.97 bits per heavy atom. The van der Waals surface area contributed by atoms with Gasteiger partial charge in [-0.15, -0.1) is 11.3 Å². The molecule has 1 saturated heterocycles. The van der Waals surface area contributed by atoms with E-state index in [-0.39, 0.29) is 29.7 Å². The van der Waals surface area contributed by atoms with Crippen molar-refractivity contribution in [3.05, 3.63) is 56.6 Å². The molecule has 1 fully saturated rings. The van der Waals surface area contributed by atoms with Crippen molar-refractivity contribution in [2.45, 2.75) is 13.5 Å². The van der Waals surface area contributed by atoms with Crippen LogP contribution in [-0.4, -0.2) is 41.7 Å². The number of nitrogens with zero attached hydrogens (tertiary/aromatic N) is 1. The zero-order valence-corrected chi connectivity index (χ0v) is 16.8. The van der Waals surface area contributed by atoms with Crippen molar-refractivity contribution in [2.75, 3.05) is 13.1 Å². The molecule has 6 nitrogen and oxygen atoms in total. The number of amides is 3. The van der Waals surface area contributed by atoms with Gasteiger partial charge in [0.1, 0.15) is 5.75 Å². The number of thioether (sulfide) groups is 1. The summed E-state index contributed by atoms with van der Waals surface area (Å²) in [5.74, 6) is -0.706. The second-order valence-corrected chi connectivity index (χ2v) is 7.88. The van der Waals surface area contributed by atoms with Crippen LogP contribution in [0.25, 0.3) is 6.08 Å². The lowest BCUT2D eigenvalue weighted by Crippen LogP contribution is -2.37. The van der Waals surface area contributed by atoms with Crippen molar-refractivity contribution in [2.24, 2.45) is 0 Å². The summed E-state index contributed by atoms with van der Waals surface area (Å²) in [7, 11) is 0. The molecule has 0 radical (unpaired) electrons. The fourth-order valence-electron chi connectivity index (χ4n) is 2.56. The molecule has 1 aromatic carbocycles. The van der Waals surface area contributed by atoms with Gasteiger partial charge in [0.2, 0.25) is 0 Å². The van der Waals surface area contributed by atoms with E-state index in [1.807, 2.05) is 18.4 Å². The average Bonchev–Trinajstić information content (AvgIpc) is 3.21. The number of carbonyl (C=O) groups is 3. The standard InChI is InChI=1S/C19H16F2N2O4S2/c1-11-6-9-28-15(11)16(24)22-7-8-23-17(25)14(29-19(23)26)10-12-2-4-13(5-3-12)27-18(20)21/h2-6,9-10,18H,7-8H2,1H3,(H,22,24)/b14-10-. The van der Waals surface area contributed by atoms with Gasteiger partial charge in [-0.2, -0.15) is 8.78 Å². The van der Waals surface area contributed by atoms with Gasteiger partial charge in [0.05, 0.1) is 9.78 Å². The molecule has 152 valence electrons. The summed E-state index contributed by atoms with van der Waals surface area (Å²) in [4.78, 5) is 38.6. The van der Waals surface area contributed by atoms with Crippen molar-refractivity contribution in [3.8, 4) is 5.75 Å². The maximum absolute atomic E-state index is 12.5. The van der Waals surface area contributed by atoms with E-state index in [0.717, 1.165) is 22.2 Å². The van der Waals surface area contributed by atoms with E-state index in [2.05, 4.69) is 10.1 Å². The summed E-state index contributed by atoms with van der Waals surface area (Å²) in [5.41, 5.74) is 1.44. The van der Waals surface area contributed by atoms with Crippen LogP contribution in [0.4, 0.5) is 13.6 Å². The van der Waals surface area contributed by atoms with Gasteiger partial charge in [-0.1, -0.05) is 12.1 Å². The largest absolute Gasteiger partial charge is 0.435 e. The summed E-state index contributed by atoms with van der Waals surface area (Å²) >= 11 is 2.11. The molecule has 1 aromatic heterocycles. The average molecular weight is 438 g/mol. The van der Waals surface area contributed by atoms with Crippen molar-refractivity contribution in [3.63, 3.8) is 0 Å². The maximum atomic E-state index is 12.5. The summed E-state index contributed by atoms with van der Waals surface area (Å²) < 4.78 is 28.6. The Morgan fingerprint density at radius 1 is 1.24 bits per heavy atom. The van der Waals surface area contributed by atoms with Gasteiger partial charge < -0.3 is 10.1 Å². The minimum atomic E-state index is -2.92. The van der Waals surface area contributed by atoms with E-state index in [1.54, 1.807) is 0 Å². The smallest absolute Gasteiger partial charge is 0.387 e. The van der Waals surface area contributed by atoms with Crippen LogP contribution in [0.15, 0.2) is 40.6 Å². The SMILES string of the molecule is Cc1ccsc1C(=O)NCCN1C(=O)S/C(=C\c2ccc(OC(F)F)cc2)C1=O. The highest BCUT2D eigenvalue weighted by atomic mass is 32.2. The zero-order valence-electron chi connectivity index (χ0n) is 15.2.